The summed E-state index contributed by atoms with van der Waals surface area (Å²) in [5.41, 5.74) is 0.958. The predicted octanol–water partition coefficient (Wildman–Crippen LogP) is 1.42. The van der Waals surface area contributed by atoms with Gasteiger partial charge in [0.05, 0.1) is 12.7 Å². The fourth-order valence-corrected chi connectivity index (χ4v) is 3.39. The van der Waals surface area contributed by atoms with Crippen LogP contribution in [0.25, 0.3) is 0 Å². The average Bonchev–Trinajstić information content (AvgIpc) is 3.13. The topological polar surface area (TPSA) is 76.0 Å². The fraction of sp³-hybridized carbons (Fsp3) is 0.462. The third-order valence-electron chi connectivity index (χ3n) is 2.91. The number of hydrogen-bond donors (Lipinski definition) is 2. The van der Waals surface area contributed by atoms with E-state index in [1.807, 2.05) is 16.8 Å². The highest BCUT2D eigenvalue weighted by molar-refractivity contribution is 7.89. The molecular weight excluding hydrogens is 308 g/mol. The van der Waals surface area contributed by atoms with Crippen molar-refractivity contribution in [3.8, 4) is 0 Å². The molecule has 0 radical (unpaired) electrons. The molecule has 2 aromatic heterocycles. The SMILES string of the molecule is CCCNCCn1cc(S(=O)(=O)NCc2ccsc2)cn1. The van der Waals surface area contributed by atoms with Gasteiger partial charge in [0, 0.05) is 19.3 Å². The van der Waals surface area contributed by atoms with Crippen molar-refractivity contribution in [1.29, 1.82) is 0 Å². The highest BCUT2D eigenvalue weighted by Gasteiger charge is 2.16. The molecule has 21 heavy (non-hydrogen) atoms. The molecule has 0 saturated carbocycles. The summed E-state index contributed by atoms with van der Waals surface area (Å²) in [6.45, 7) is 4.78. The van der Waals surface area contributed by atoms with E-state index in [0.717, 1.165) is 25.1 Å². The minimum atomic E-state index is -3.50. The molecule has 0 aliphatic heterocycles. The van der Waals surface area contributed by atoms with Crippen LogP contribution in [0.4, 0.5) is 0 Å². The normalized spacial score (nSPS) is 11.9. The summed E-state index contributed by atoms with van der Waals surface area (Å²) in [7, 11) is -3.50. The van der Waals surface area contributed by atoms with Crippen LogP contribution in [-0.2, 0) is 23.1 Å². The molecule has 2 aromatic rings. The smallest absolute Gasteiger partial charge is 0.243 e. The summed E-state index contributed by atoms with van der Waals surface area (Å²) in [5.74, 6) is 0. The molecule has 2 N–H and O–H groups in total. The zero-order valence-corrected chi connectivity index (χ0v) is 13.6. The van der Waals surface area contributed by atoms with E-state index in [2.05, 4.69) is 22.1 Å². The number of aromatic nitrogens is 2. The molecule has 0 unspecified atom stereocenters. The standard InChI is InChI=1S/C13H20N4O2S2/c1-2-4-14-5-6-17-10-13(9-15-17)21(18,19)16-8-12-3-7-20-11-12/h3,7,9-11,14,16H,2,4-6,8H2,1H3. The average molecular weight is 328 g/mol. The second kappa shape index (κ2) is 7.69. The molecule has 0 aliphatic rings. The lowest BCUT2D eigenvalue weighted by molar-refractivity contribution is 0.552. The van der Waals surface area contributed by atoms with Crippen molar-refractivity contribution in [3.05, 3.63) is 34.8 Å². The molecule has 0 atom stereocenters. The monoisotopic (exact) mass is 328 g/mol. The van der Waals surface area contributed by atoms with Gasteiger partial charge in [-0.05, 0) is 35.4 Å². The van der Waals surface area contributed by atoms with Gasteiger partial charge in [-0.25, -0.2) is 13.1 Å². The third kappa shape index (κ3) is 4.92. The largest absolute Gasteiger partial charge is 0.315 e. The Balaban J connectivity index is 1.89. The van der Waals surface area contributed by atoms with Gasteiger partial charge in [0.25, 0.3) is 0 Å². The molecule has 6 nitrogen and oxygen atoms in total. The molecule has 0 aliphatic carbocycles. The molecule has 0 amide bonds. The van der Waals surface area contributed by atoms with E-state index in [1.165, 1.54) is 6.20 Å². The van der Waals surface area contributed by atoms with Gasteiger partial charge in [-0.15, -0.1) is 0 Å². The van der Waals surface area contributed by atoms with Crippen LogP contribution in [-0.4, -0.2) is 31.3 Å². The first-order valence-electron chi connectivity index (χ1n) is 6.85. The van der Waals surface area contributed by atoms with Crippen LogP contribution in [0.2, 0.25) is 0 Å². The van der Waals surface area contributed by atoms with Gasteiger partial charge in [-0.3, -0.25) is 4.68 Å². The van der Waals surface area contributed by atoms with Crippen LogP contribution in [0.15, 0.2) is 34.1 Å². The van der Waals surface area contributed by atoms with Gasteiger partial charge < -0.3 is 5.32 Å². The Hall–Kier alpha value is -1.22. The number of nitrogens with zero attached hydrogens (tertiary/aromatic N) is 2. The Morgan fingerprint density at radius 3 is 2.95 bits per heavy atom. The zero-order chi connectivity index (χ0) is 15.1. The molecule has 0 spiro atoms. The van der Waals surface area contributed by atoms with E-state index >= 15 is 0 Å². The van der Waals surface area contributed by atoms with Crippen molar-refractivity contribution in [2.24, 2.45) is 0 Å². The first-order valence-corrected chi connectivity index (χ1v) is 9.28. The van der Waals surface area contributed by atoms with E-state index in [-0.39, 0.29) is 4.90 Å². The van der Waals surface area contributed by atoms with Crippen LogP contribution in [0.5, 0.6) is 0 Å². The van der Waals surface area contributed by atoms with Gasteiger partial charge in [0.15, 0.2) is 0 Å². The fourth-order valence-electron chi connectivity index (χ4n) is 1.76. The van der Waals surface area contributed by atoms with Crippen LogP contribution in [0.3, 0.4) is 0 Å². The van der Waals surface area contributed by atoms with Crippen molar-refractivity contribution >= 4 is 21.4 Å². The van der Waals surface area contributed by atoms with E-state index in [9.17, 15) is 8.42 Å². The van der Waals surface area contributed by atoms with Gasteiger partial charge in [0.1, 0.15) is 4.90 Å². The molecule has 116 valence electrons. The summed E-state index contributed by atoms with van der Waals surface area (Å²) in [6.07, 6.45) is 4.02. The maximum atomic E-state index is 12.1. The number of hydrogen-bond acceptors (Lipinski definition) is 5. The Morgan fingerprint density at radius 2 is 2.24 bits per heavy atom. The third-order valence-corrected chi connectivity index (χ3v) is 5.00. The molecule has 0 bridgehead atoms. The number of sulfonamides is 1. The first kappa shape index (κ1) is 16.2. The van der Waals surface area contributed by atoms with Crippen molar-refractivity contribution in [1.82, 2.24) is 19.8 Å². The van der Waals surface area contributed by atoms with Gasteiger partial charge >= 0.3 is 0 Å². The molecule has 2 rings (SSSR count). The summed E-state index contributed by atoms with van der Waals surface area (Å²) >= 11 is 1.54. The number of thiophene rings is 1. The van der Waals surface area contributed by atoms with Crippen LogP contribution >= 0.6 is 11.3 Å². The van der Waals surface area contributed by atoms with Gasteiger partial charge in [0.2, 0.25) is 10.0 Å². The molecule has 2 heterocycles. The van der Waals surface area contributed by atoms with Crippen molar-refractivity contribution in [2.45, 2.75) is 31.3 Å². The maximum absolute atomic E-state index is 12.1. The number of rotatable bonds is 9. The van der Waals surface area contributed by atoms with Crippen LogP contribution in [0, 0.1) is 0 Å². The Morgan fingerprint density at radius 1 is 1.38 bits per heavy atom. The lowest BCUT2D eigenvalue weighted by Gasteiger charge is -2.04. The quantitative estimate of drug-likeness (QED) is 0.683. The van der Waals surface area contributed by atoms with E-state index in [0.29, 0.717) is 13.1 Å². The van der Waals surface area contributed by atoms with E-state index in [4.69, 9.17) is 0 Å². The number of nitrogens with one attached hydrogen (secondary N) is 2. The Kier molecular flexibility index (Phi) is 5.92. The lowest BCUT2D eigenvalue weighted by atomic mass is 10.4. The second-order valence-corrected chi connectivity index (χ2v) is 7.19. The van der Waals surface area contributed by atoms with E-state index in [1.54, 1.807) is 22.2 Å². The summed E-state index contributed by atoms with van der Waals surface area (Å²) < 4.78 is 28.5. The van der Waals surface area contributed by atoms with Crippen molar-refractivity contribution in [2.75, 3.05) is 13.1 Å². The first-order chi connectivity index (χ1) is 10.1. The van der Waals surface area contributed by atoms with Gasteiger partial charge in [-0.1, -0.05) is 6.92 Å². The zero-order valence-electron chi connectivity index (χ0n) is 11.9. The maximum Gasteiger partial charge on any atom is 0.243 e. The minimum absolute atomic E-state index is 0.202. The Bertz CT molecular complexity index is 635. The predicted molar refractivity (Wildman–Crippen MR) is 83.7 cm³/mol. The molecular formula is C13H20N4O2S2. The Labute approximate surface area is 129 Å². The van der Waals surface area contributed by atoms with Gasteiger partial charge in [-0.2, -0.15) is 16.4 Å². The van der Waals surface area contributed by atoms with Crippen molar-refractivity contribution in [3.63, 3.8) is 0 Å². The molecule has 8 heteroatoms. The van der Waals surface area contributed by atoms with E-state index < -0.39 is 10.0 Å². The summed E-state index contributed by atoms with van der Waals surface area (Å²) in [6, 6.07) is 1.90. The summed E-state index contributed by atoms with van der Waals surface area (Å²) in [5, 5.41) is 11.2. The summed E-state index contributed by atoms with van der Waals surface area (Å²) in [4.78, 5) is 0.202. The van der Waals surface area contributed by atoms with Crippen LogP contribution < -0.4 is 10.0 Å². The lowest BCUT2D eigenvalue weighted by Crippen LogP contribution is -2.23. The second-order valence-electron chi connectivity index (χ2n) is 4.65. The molecule has 0 aromatic carbocycles. The molecule has 0 saturated heterocycles. The van der Waals surface area contributed by atoms with Crippen molar-refractivity contribution < 1.29 is 8.42 Å². The molecule has 0 fully saturated rings. The minimum Gasteiger partial charge on any atom is -0.315 e. The highest BCUT2D eigenvalue weighted by atomic mass is 32.2. The van der Waals surface area contributed by atoms with Crippen LogP contribution in [0.1, 0.15) is 18.9 Å². The highest BCUT2D eigenvalue weighted by Crippen LogP contribution is 2.10.